The molecule has 4 rings (SSSR count). The summed E-state index contributed by atoms with van der Waals surface area (Å²) in [7, 11) is 0. The minimum atomic E-state index is -0.213. The Balaban J connectivity index is 1.48. The van der Waals surface area contributed by atoms with Crippen LogP contribution < -0.4 is 10.6 Å². The van der Waals surface area contributed by atoms with Crippen LogP contribution in [0.1, 0.15) is 36.4 Å². The van der Waals surface area contributed by atoms with Gasteiger partial charge in [-0.2, -0.15) is 0 Å². The molecule has 21 heavy (non-hydrogen) atoms. The molecular formula is C17H22N2O2. The second kappa shape index (κ2) is 5.43. The van der Waals surface area contributed by atoms with Gasteiger partial charge in [-0.3, -0.25) is 4.79 Å². The maximum absolute atomic E-state index is 12.7. The summed E-state index contributed by atoms with van der Waals surface area (Å²) < 4.78 is 5.81. The van der Waals surface area contributed by atoms with Gasteiger partial charge in [-0.1, -0.05) is 24.3 Å². The predicted octanol–water partition coefficient (Wildman–Crippen LogP) is 1.56. The van der Waals surface area contributed by atoms with E-state index in [1.165, 1.54) is 18.4 Å². The number of hydrogen-bond acceptors (Lipinski definition) is 3. The molecule has 1 aliphatic carbocycles. The molecule has 1 amide bonds. The highest BCUT2D eigenvalue weighted by Gasteiger charge is 2.42. The second-order valence-corrected chi connectivity index (χ2v) is 6.41. The van der Waals surface area contributed by atoms with Crippen LogP contribution in [0.25, 0.3) is 0 Å². The fraction of sp³-hybridized carbons (Fsp3) is 0.588. The maximum atomic E-state index is 12.7. The highest BCUT2D eigenvalue weighted by Crippen LogP contribution is 2.39. The van der Waals surface area contributed by atoms with E-state index in [0.717, 1.165) is 31.6 Å². The highest BCUT2D eigenvalue weighted by molar-refractivity contribution is 5.84. The van der Waals surface area contributed by atoms with Gasteiger partial charge >= 0.3 is 0 Å². The summed E-state index contributed by atoms with van der Waals surface area (Å²) in [5.74, 6) is 0.771. The van der Waals surface area contributed by atoms with Gasteiger partial charge in [0.15, 0.2) is 0 Å². The van der Waals surface area contributed by atoms with Gasteiger partial charge in [-0.25, -0.2) is 0 Å². The molecule has 4 nitrogen and oxygen atoms in total. The molecule has 2 N–H and O–H groups in total. The van der Waals surface area contributed by atoms with Crippen molar-refractivity contribution in [2.24, 2.45) is 5.92 Å². The van der Waals surface area contributed by atoms with Gasteiger partial charge in [0.2, 0.25) is 5.91 Å². The molecule has 4 heteroatoms. The van der Waals surface area contributed by atoms with E-state index in [9.17, 15) is 4.79 Å². The molecule has 3 atom stereocenters. The molecule has 0 bridgehead atoms. The van der Waals surface area contributed by atoms with Gasteiger partial charge in [-0.05, 0) is 42.7 Å². The Labute approximate surface area is 125 Å². The molecule has 3 unspecified atom stereocenters. The molecule has 1 saturated heterocycles. The number of amides is 1. The predicted molar refractivity (Wildman–Crippen MR) is 79.9 cm³/mol. The molecule has 1 aromatic carbocycles. The molecule has 0 spiro atoms. The maximum Gasteiger partial charge on any atom is 0.242 e. The third-order valence-electron chi connectivity index (χ3n) is 4.92. The third-order valence-corrected chi connectivity index (χ3v) is 4.92. The first-order chi connectivity index (χ1) is 10.3. The van der Waals surface area contributed by atoms with E-state index in [-0.39, 0.29) is 24.1 Å². The van der Waals surface area contributed by atoms with Gasteiger partial charge in [0.1, 0.15) is 6.04 Å². The molecule has 1 saturated carbocycles. The van der Waals surface area contributed by atoms with Crippen molar-refractivity contribution in [3.8, 4) is 0 Å². The summed E-state index contributed by atoms with van der Waals surface area (Å²) in [4.78, 5) is 12.7. The van der Waals surface area contributed by atoms with E-state index >= 15 is 0 Å². The molecule has 0 aromatic heterocycles. The van der Waals surface area contributed by atoms with Crippen LogP contribution in [0.5, 0.6) is 0 Å². The zero-order chi connectivity index (χ0) is 14.2. The third kappa shape index (κ3) is 2.58. The van der Waals surface area contributed by atoms with Crippen molar-refractivity contribution in [3.05, 3.63) is 35.4 Å². The first-order valence-corrected chi connectivity index (χ1v) is 8.06. The summed E-state index contributed by atoms with van der Waals surface area (Å²) in [6, 6.07) is 8.23. The lowest BCUT2D eigenvalue weighted by Crippen LogP contribution is -2.48. The average molecular weight is 286 g/mol. The lowest BCUT2D eigenvalue weighted by molar-refractivity contribution is -0.124. The second-order valence-electron chi connectivity index (χ2n) is 6.41. The number of benzene rings is 1. The first kappa shape index (κ1) is 13.3. The molecule has 2 heterocycles. The van der Waals surface area contributed by atoms with Crippen LogP contribution in [0.4, 0.5) is 0 Å². The monoisotopic (exact) mass is 286 g/mol. The van der Waals surface area contributed by atoms with Crippen molar-refractivity contribution in [2.75, 3.05) is 13.2 Å². The van der Waals surface area contributed by atoms with Crippen molar-refractivity contribution in [1.29, 1.82) is 0 Å². The normalized spacial score (nSPS) is 31.7. The Bertz CT molecular complexity index is 541. The Morgan fingerprint density at radius 3 is 2.95 bits per heavy atom. The van der Waals surface area contributed by atoms with Gasteiger partial charge in [0.05, 0.1) is 12.1 Å². The molecule has 112 valence electrons. The lowest BCUT2D eigenvalue weighted by atomic mass is 9.93. The molecule has 2 fully saturated rings. The summed E-state index contributed by atoms with van der Waals surface area (Å²) >= 11 is 0. The standard InChI is InChI=1S/C17H22N2O2/c20-17(19-14-8-10-21-16(14)12-5-6-12)15-13-4-2-1-3-11(13)7-9-18-15/h1-4,12,14-16,18H,5-10H2,(H,19,20). The van der Waals surface area contributed by atoms with Crippen LogP contribution in [0.3, 0.4) is 0 Å². The fourth-order valence-electron chi connectivity index (χ4n) is 3.66. The Kier molecular flexibility index (Phi) is 3.43. The summed E-state index contributed by atoms with van der Waals surface area (Å²) in [6.45, 7) is 1.64. The molecule has 3 aliphatic rings. The van der Waals surface area contributed by atoms with Gasteiger partial charge in [0.25, 0.3) is 0 Å². The largest absolute Gasteiger partial charge is 0.376 e. The minimum Gasteiger partial charge on any atom is -0.376 e. The average Bonchev–Trinajstić information content (AvgIpc) is 3.26. The van der Waals surface area contributed by atoms with Crippen LogP contribution in [-0.2, 0) is 16.0 Å². The molecule has 0 radical (unpaired) electrons. The number of ether oxygens (including phenoxy) is 1. The van der Waals surface area contributed by atoms with E-state index in [1.54, 1.807) is 0 Å². The topological polar surface area (TPSA) is 50.4 Å². The first-order valence-electron chi connectivity index (χ1n) is 8.06. The number of nitrogens with one attached hydrogen (secondary N) is 2. The van der Waals surface area contributed by atoms with Crippen LogP contribution >= 0.6 is 0 Å². The highest BCUT2D eigenvalue weighted by atomic mass is 16.5. The van der Waals surface area contributed by atoms with Crippen LogP contribution in [0, 0.1) is 5.92 Å². The molecule has 1 aromatic rings. The zero-order valence-electron chi connectivity index (χ0n) is 12.2. The number of carbonyl (C=O) groups is 1. The Morgan fingerprint density at radius 1 is 1.24 bits per heavy atom. The van der Waals surface area contributed by atoms with Crippen molar-refractivity contribution in [1.82, 2.24) is 10.6 Å². The fourth-order valence-corrected chi connectivity index (χ4v) is 3.66. The van der Waals surface area contributed by atoms with E-state index in [0.29, 0.717) is 5.92 Å². The lowest BCUT2D eigenvalue weighted by Gasteiger charge is -2.28. The van der Waals surface area contributed by atoms with Crippen LogP contribution in [-0.4, -0.2) is 31.2 Å². The number of carbonyl (C=O) groups excluding carboxylic acids is 1. The number of hydrogen-bond donors (Lipinski definition) is 2. The summed E-state index contributed by atoms with van der Waals surface area (Å²) in [5.41, 5.74) is 2.42. The molecule has 2 aliphatic heterocycles. The zero-order valence-corrected chi connectivity index (χ0v) is 12.2. The van der Waals surface area contributed by atoms with E-state index < -0.39 is 0 Å². The summed E-state index contributed by atoms with van der Waals surface area (Å²) in [6.07, 6.45) is 4.69. The van der Waals surface area contributed by atoms with Crippen LogP contribution in [0.2, 0.25) is 0 Å². The van der Waals surface area contributed by atoms with Crippen molar-refractivity contribution < 1.29 is 9.53 Å². The SMILES string of the molecule is O=C(NC1CCOC1C1CC1)C1NCCc2ccccc21. The quantitative estimate of drug-likeness (QED) is 0.886. The van der Waals surface area contributed by atoms with Gasteiger partial charge < -0.3 is 15.4 Å². The smallest absolute Gasteiger partial charge is 0.242 e. The van der Waals surface area contributed by atoms with Gasteiger partial charge in [0, 0.05) is 13.2 Å². The van der Waals surface area contributed by atoms with E-state index in [4.69, 9.17) is 4.74 Å². The van der Waals surface area contributed by atoms with Gasteiger partial charge in [-0.15, -0.1) is 0 Å². The van der Waals surface area contributed by atoms with Crippen LogP contribution in [0.15, 0.2) is 24.3 Å². The van der Waals surface area contributed by atoms with E-state index in [1.807, 2.05) is 12.1 Å². The Morgan fingerprint density at radius 2 is 2.10 bits per heavy atom. The van der Waals surface area contributed by atoms with E-state index in [2.05, 4.69) is 22.8 Å². The van der Waals surface area contributed by atoms with Crippen molar-refractivity contribution in [3.63, 3.8) is 0 Å². The summed E-state index contributed by atoms with van der Waals surface area (Å²) in [5, 5.41) is 6.59. The number of fused-ring (bicyclic) bond motifs is 1. The minimum absolute atomic E-state index is 0.100. The Hall–Kier alpha value is -1.39. The van der Waals surface area contributed by atoms with Crippen molar-refractivity contribution in [2.45, 2.75) is 43.9 Å². The molecular weight excluding hydrogens is 264 g/mol. The van der Waals surface area contributed by atoms with Crippen molar-refractivity contribution >= 4 is 5.91 Å². The number of rotatable bonds is 3.